The number of rotatable bonds is 5. The number of hydrogen-bond acceptors (Lipinski definition) is 5. The molecule has 0 spiro atoms. The smallest absolute Gasteiger partial charge is 0.243 e. The van der Waals surface area contributed by atoms with Gasteiger partial charge in [0.25, 0.3) is 0 Å². The first-order chi connectivity index (χ1) is 9.08. The van der Waals surface area contributed by atoms with E-state index in [4.69, 9.17) is 10.3 Å². The van der Waals surface area contributed by atoms with Crippen LogP contribution >= 0.6 is 11.8 Å². The molecule has 0 aliphatic carbocycles. The molecule has 0 amide bonds. The zero-order chi connectivity index (χ0) is 13.8. The zero-order valence-corrected chi connectivity index (χ0v) is 11.7. The normalized spacial score (nSPS) is 12.9. The van der Waals surface area contributed by atoms with E-state index in [-0.39, 0.29) is 17.8 Å². The Labute approximate surface area is 115 Å². The van der Waals surface area contributed by atoms with E-state index in [1.807, 2.05) is 13.8 Å². The SMILES string of the molecule is CC(C)[C@@H](N)c1nc(CSc2ccccc2F)no1. The Balaban J connectivity index is 1.99. The van der Waals surface area contributed by atoms with Crippen LogP contribution in [0.1, 0.15) is 31.6 Å². The molecular weight excluding hydrogens is 265 g/mol. The minimum atomic E-state index is -0.264. The van der Waals surface area contributed by atoms with E-state index >= 15 is 0 Å². The summed E-state index contributed by atoms with van der Waals surface area (Å²) >= 11 is 1.33. The monoisotopic (exact) mass is 281 g/mol. The lowest BCUT2D eigenvalue weighted by Crippen LogP contribution is -2.17. The van der Waals surface area contributed by atoms with Gasteiger partial charge in [0, 0.05) is 4.90 Å². The molecule has 1 heterocycles. The zero-order valence-electron chi connectivity index (χ0n) is 10.8. The maximum absolute atomic E-state index is 13.4. The molecule has 2 rings (SSSR count). The minimum absolute atomic E-state index is 0.229. The molecule has 4 nitrogen and oxygen atoms in total. The summed E-state index contributed by atoms with van der Waals surface area (Å²) in [5, 5.41) is 3.86. The van der Waals surface area contributed by atoms with Crippen LogP contribution in [0.25, 0.3) is 0 Å². The van der Waals surface area contributed by atoms with Crippen LogP contribution in [0.4, 0.5) is 4.39 Å². The predicted molar refractivity (Wildman–Crippen MR) is 72.0 cm³/mol. The summed E-state index contributed by atoms with van der Waals surface area (Å²) in [4.78, 5) is 4.80. The number of benzene rings is 1. The Kier molecular flexibility index (Phi) is 4.55. The van der Waals surface area contributed by atoms with Crippen molar-refractivity contribution in [1.82, 2.24) is 10.1 Å². The van der Waals surface area contributed by atoms with Gasteiger partial charge in [0.2, 0.25) is 5.89 Å². The molecule has 2 aromatic rings. The van der Waals surface area contributed by atoms with Crippen LogP contribution in [0.5, 0.6) is 0 Å². The van der Waals surface area contributed by atoms with Crippen LogP contribution in [0.2, 0.25) is 0 Å². The van der Waals surface area contributed by atoms with Gasteiger partial charge in [-0.2, -0.15) is 4.98 Å². The van der Waals surface area contributed by atoms with Crippen molar-refractivity contribution in [3.05, 3.63) is 41.8 Å². The number of thioether (sulfide) groups is 1. The summed E-state index contributed by atoms with van der Waals surface area (Å²) in [7, 11) is 0. The van der Waals surface area contributed by atoms with Gasteiger partial charge < -0.3 is 10.3 Å². The molecular formula is C13H16FN3OS. The van der Waals surface area contributed by atoms with E-state index < -0.39 is 0 Å². The lowest BCUT2D eigenvalue weighted by Gasteiger charge is -2.09. The average Bonchev–Trinajstić information content (AvgIpc) is 2.85. The van der Waals surface area contributed by atoms with E-state index in [0.717, 1.165) is 0 Å². The maximum Gasteiger partial charge on any atom is 0.243 e. The number of nitrogens with two attached hydrogens (primary N) is 1. The topological polar surface area (TPSA) is 64.9 Å². The van der Waals surface area contributed by atoms with E-state index in [2.05, 4.69) is 10.1 Å². The van der Waals surface area contributed by atoms with E-state index in [0.29, 0.717) is 22.4 Å². The van der Waals surface area contributed by atoms with Gasteiger partial charge in [-0.1, -0.05) is 31.1 Å². The second-order valence-electron chi connectivity index (χ2n) is 4.54. The van der Waals surface area contributed by atoms with E-state index in [9.17, 15) is 4.39 Å². The maximum atomic E-state index is 13.4. The molecule has 0 radical (unpaired) electrons. The van der Waals surface area contributed by atoms with Gasteiger partial charge in [-0.25, -0.2) is 4.39 Å². The highest BCUT2D eigenvalue weighted by molar-refractivity contribution is 7.98. The van der Waals surface area contributed by atoms with Gasteiger partial charge >= 0.3 is 0 Å². The first-order valence-electron chi connectivity index (χ1n) is 6.03. The van der Waals surface area contributed by atoms with Crippen molar-refractivity contribution in [2.45, 2.75) is 30.5 Å². The van der Waals surface area contributed by atoms with Crippen molar-refractivity contribution in [3.8, 4) is 0 Å². The first kappa shape index (κ1) is 14.0. The highest BCUT2D eigenvalue weighted by atomic mass is 32.2. The second-order valence-corrected chi connectivity index (χ2v) is 5.55. The van der Waals surface area contributed by atoms with E-state index in [1.54, 1.807) is 18.2 Å². The molecule has 102 valence electrons. The molecule has 0 bridgehead atoms. The van der Waals surface area contributed by atoms with Gasteiger partial charge in [0.15, 0.2) is 5.82 Å². The Morgan fingerprint density at radius 2 is 2.11 bits per heavy atom. The standard InChI is InChI=1S/C13H16FN3OS/c1-8(2)12(15)13-16-11(17-18-13)7-19-10-6-4-3-5-9(10)14/h3-6,8,12H,7,15H2,1-2H3/t12-/m1/s1. The summed E-state index contributed by atoms with van der Waals surface area (Å²) in [6, 6.07) is 6.34. The summed E-state index contributed by atoms with van der Waals surface area (Å²) in [5.74, 6) is 1.40. The van der Waals surface area contributed by atoms with Crippen LogP contribution in [-0.4, -0.2) is 10.1 Å². The van der Waals surface area contributed by atoms with Gasteiger partial charge in [0.1, 0.15) is 5.82 Å². The fourth-order valence-corrected chi connectivity index (χ4v) is 2.23. The lowest BCUT2D eigenvalue weighted by molar-refractivity contribution is 0.323. The van der Waals surface area contributed by atoms with Crippen molar-refractivity contribution < 1.29 is 8.91 Å². The molecule has 1 aromatic carbocycles. The van der Waals surface area contributed by atoms with Gasteiger partial charge in [-0.15, -0.1) is 11.8 Å². The number of hydrogen-bond donors (Lipinski definition) is 1. The van der Waals surface area contributed by atoms with Crippen LogP contribution < -0.4 is 5.73 Å². The minimum Gasteiger partial charge on any atom is -0.338 e. The third kappa shape index (κ3) is 3.54. The summed E-state index contributed by atoms with van der Waals surface area (Å²) in [6.07, 6.45) is 0. The van der Waals surface area contributed by atoms with Crippen LogP contribution in [0.15, 0.2) is 33.7 Å². The molecule has 0 saturated carbocycles. The average molecular weight is 281 g/mol. The van der Waals surface area contributed by atoms with E-state index in [1.165, 1.54) is 17.8 Å². The molecule has 19 heavy (non-hydrogen) atoms. The molecule has 0 aliphatic rings. The predicted octanol–water partition coefficient (Wildman–Crippen LogP) is 3.16. The molecule has 0 saturated heterocycles. The van der Waals surface area contributed by atoms with Crippen LogP contribution in [0, 0.1) is 11.7 Å². The van der Waals surface area contributed by atoms with Crippen molar-refractivity contribution in [2.75, 3.05) is 0 Å². The number of nitrogens with zero attached hydrogens (tertiary/aromatic N) is 2. The number of aromatic nitrogens is 2. The fraction of sp³-hybridized carbons (Fsp3) is 0.385. The van der Waals surface area contributed by atoms with Crippen molar-refractivity contribution in [1.29, 1.82) is 0 Å². The largest absolute Gasteiger partial charge is 0.338 e. The molecule has 0 unspecified atom stereocenters. The highest BCUT2D eigenvalue weighted by Gasteiger charge is 2.18. The van der Waals surface area contributed by atoms with Crippen molar-refractivity contribution in [2.24, 2.45) is 11.7 Å². The quantitative estimate of drug-likeness (QED) is 0.853. The molecule has 0 fully saturated rings. The van der Waals surface area contributed by atoms with Crippen molar-refractivity contribution in [3.63, 3.8) is 0 Å². The van der Waals surface area contributed by atoms with Crippen molar-refractivity contribution >= 4 is 11.8 Å². The van der Waals surface area contributed by atoms with Gasteiger partial charge in [0.05, 0.1) is 11.8 Å². The summed E-state index contributed by atoms with van der Waals surface area (Å²) < 4.78 is 18.5. The summed E-state index contributed by atoms with van der Waals surface area (Å²) in [5.41, 5.74) is 5.92. The molecule has 0 aliphatic heterocycles. The fourth-order valence-electron chi connectivity index (χ4n) is 1.45. The van der Waals surface area contributed by atoms with Crippen LogP contribution in [0.3, 0.4) is 0 Å². The molecule has 1 atom stereocenters. The van der Waals surface area contributed by atoms with Crippen LogP contribution in [-0.2, 0) is 5.75 Å². The highest BCUT2D eigenvalue weighted by Crippen LogP contribution is 2.25. The third-order valence-corrected chi connectivity index (χ3v) is 3.73. The molecule has 6 heteroatoms. The van der Waals surface area contributed by atoms with Gasteiger partial charge in [-0.3, -0.25) is 0 Å². The molecule has 2 N–H and O–H groups in total. The Morgan fingerprint density at radius 1 is 1.37 bits per heavy atom. The summed E-state index contributed by atoms with van der Waals surface area (Å²) in [6.45, 7) is 3.98. The van der Waals surface area contributed by atoms with Gasteiger partial charge in [-0.05, 0) is 18.1 Å². The Bertz CT molecular complexity index is 544. The first-order valence-corrected chi connectivity index (χ1v) is 7.02. The Hall–Kier alpha value is -1.40. The number of halogens is 1. The lowest BCUT2D eigenvalue weighted by atomic mass is 10.1. The Morgan fingerprint density at radius 3 is 2.79 bits per heavy atom. The molecule has 1 aromatic heterocycles. The third-order valence-electron chi connectivity index (χ3n) is 2.68. The second kappa shape index (κ2) is 6.16.